The Morgan fingerprint density at radius 3 is 2.58 bits per heavy atom. The van der Waals surface area contributed by atoms with Crippen molar-refractivity contribution in [3.8, 4) is 5.75 Å². The van der Waals surface area contributed by atoms with Crippen LogP contribution in [0, 0.1) is 5.82 Å². The van der Waals surface area contributed by atoms with Crippen LogP contribution in [0.5, 0.6) is 5.75 Å². The first kappa shape index (κ1) is 13.2. The average Bonchev–Trinajstić information content (AvgIpc) is 2.36. The monoisotopic (exact) mass is 260 g/mol. The van der Waals surface area contributed by atoms with Crippen molar-refractivity contribution in [2.45, 2.75) is 20.0 Å². The molecule has 2 aromatic rings. The summed E-state index contributed by atoms with van der Waals surface area (Å²) in [5, 5.41) is 3.13. The molecule has 0 aromatic heterocycles. The lowest BCUT2D eigenvalue weighted by Gasteiger charge is -2.15. The van der Waals surface area contributed by atoms with Crippen molar-refractivity contribution in [3.05, 3.63) is 48.3 Å². The van der Waals surface area contributed by atoms with Gasteiger partial charge in [-0.05, 0) is 44.2 Å². The zero-order valence-electron chi connectivity index (χ0n) is 11.0. The van der Waals surface area contributed by atoms with Crippen LogP contribution in [-0.2, 0) is 0 Å². The molecule has 0 saturated heterocycles. The summed E-state index contributed by atoms with van der Waals surface area (Å²) in [4.78, 5) is 0. The first-order valence-corrected chi connectivity index (χ1v) is 6.14. The summed E-state index contributed by atoms with van der Waals surface area (Å²) in [6.45, 7) is 3.92. The van der Waals surface area contributed by atoms with Gasteiger partial charge >= 0.3 is 0 Å². The molecule has 0 spiro atoms. The number of anilines is 3. The number of benzene rings is 2. The Balaban J connectivity index is 2.25. The lowest BCUT2D eigenvalue weighted by Crippen LogP contribution is -2.07. The Morgan fingerprint density at radius 2 is 1.89 bits per heavy atom. The maximum atomic E-state index is 13.4. The van der Waals surface area contributed by atoms with E-state index in [0.717, 1.165) is 11.4 Å². The van der Waals surface area contributed by atoms with Crippen LogP contribution in [0.15, 0.2) is 42.5 Å². The van der Waals surface area contributed by atoms with Gasteiger partial charge in [-0.3, -0.25) is 0 Å². The molecule has 19 heavy (non-hydrogen) atoms. The fourth-order valence-electron chi connectivity index (χ4n) is 1.69. The Hall–Kier alpha value is -2.23. The molecule has 0 saturated carbocycles. The van der Waals surface area contributed by atoms with Gasteiger partial charge in [-0.25, -0.2) is 4.39 Å². The third kappa shape index (κ3) is 3.37. The summed E-state index contributed by atoms with van der Waals surface area (Å²) < 4.78 is 19.1. The normalized spacial score (nSPS) is 10.5. The molecule has 0 fully saturated rings. The molecule has 2 rings (SSSR count). The van der Waals surface area contributed by atoms with E-state index in [1.165, 1.54) is 12.1 Å². The fraction of sp³-hybridized carbons (Fsp3) is 0.200. The van der Waals surface area contributed by atoms with Gasteiger partial charge in [-0.15, -0.1) is 0 Å². The number of rotatable bonds is 4. The number of ether oxygens (including phenoxy) is 1. The number of nitrogens with two attached hydrogens (primary N) is 1. The Bertz CT molecular complexity index is 570. The minimum Gasteiger partial charge on any atom is -0.489 e. The van der Waals surface area contributed by atoms with Gasteiger partial charge in [-0.1, -0.05) is 12.1 Å². The van der Waals surface area contributed by atoms with E-state index in [9.17, 15) is 4.39 Å². The molecule has 0 unspecified atom stereocenters. The van der Waals surface area contributed by atoms with E-state index < -0.39 is 5.82 Å². The first-order valence-electron chi connectivity index (χ1n) is 6.14. The van der Waals surface area contributed by atoms with Crippen molar-refractivity contribution in [3.63, 3.8) is 0 Å². The maximum Gasteiger partial charge on any atom is 0.148 e. The van der Waals surface area contributed by atoms with Gasteiger partial charge in [0, 0.05) is 5.69 Å². The van der Waals surface area contributed by atoms with Crippen molar-refractivity contribution in [2.75, 3.05) is 11.1 Å². The highest BCUT2D eigenvalue weighted by Crippen LogP contribution is 2.29. The van der Waals surface area contributed by atoms with Gasteiger partial charge in [-0.2, -0.15) is 0 Å². The SMILES string of the molecule is CC(C)Oc1ccccc1Nc1ccc(N)c(F)c1. The minimum atomic E-state index is -0.438. The predicted octanol–water partition coefficient (Wildman–Crippen LogP) is 3.94. The van der Waals surface area contributed by atoms with Crippen LogP contribution >= 0.6 is 0 Å². The number of para-hydroxylation sites is 2. The van der Waals surface area contributed by atoms with E-state index in [1.807, 2.05) is 38.1 Å². The third-order valence-corrected chi connectivity index (χ3v) is 2.53. The van der Waals surface area contributed by atoms with Crippen molar-refractivity contribution in [2.24, 2.45) is 0 Å². The zero-order chi connectivity index (χ0) is 13.8. The number of nitrogens with one attached hydrogen (secondary N) is 1. The smallest absolute Gasteiger partial charge is 0.148 e. The topological polar surface area (TPSA) is 47.3 Å². The summed E-state index contributed by atoms with van der Waals surface area (Å²) >= 11 is 0. The molecule has 0 heterocycles. The van der Waals surface area contributed by atoms with Crippen LogP contribution in [0.2, 0.25) is 0 Å². The molecule has 3 N–H and O–H groups in total. The summed E-state index contributed by atoms with van der Waals surface area (Å²) in [5.41, 5.74) is 7.01. The van der Waals surface area contributed by atoms with Crippen LogP contribution in [0.1, 0.15) is 13.8 Å². The molecule has 0 radical (unpaired) electrons. The molecule has 3 nitrogen and oxygen atoms in total. The Labute approximate surface area is 112 Å². The van der Waals surface area contributed by atoms with Crippen LogP contribution in [0.4, 0.5) is 21.5 Å². The van der Waals surface area contributed by atoms with E-state index in [4.69, 9.17) is 10.5 Å². The highest BCUT2D eigenvalue weighted by Gasteiger charge is 2.06. The summed E-state index contributed by atoms with van der Waals surface area (Å²) in [5.74, 6) is 0.294. The molecular formula is C15H17FN2O. The minimum absolute atomic E-state index is 0.0751. The molecule has 0 aliphatic rings. The molecule has 4 heteroatoms. The van der Waals surface area contributed by atoms with Crippen LogP contribution < -0.4 is 15.8 Å². The lowest BCUT2D eigenvalue weighted by molar-refractivity contribution is 0.244. The second-order valence-electron chi connectivity index (χ2n) is 4.52. The molecule has 2 aromatic carbocycles. The standard InChI is InChI=1S/C15H17FN2O/c1-10(2)19-15-6-4-3-5-14(15)18-11-7-8-13(17)12(16)9-11/h3-10,18H,17H2,1-2H3. The molecule has 0 amide bonds. The number of nitrogen functional groups attached to an aromatic ring is 1. The van der Waals surface area contributed by atoms with E-state index in [2.05, 4.69) is 5.32 Å². The van der Waals surface area contributed by atoms with Crippen LogP contribution in [-0.4, -0.2) is 6.10 Å². The Kier molecular flexibility index (Phi) is 3.90. The van der Waals surface area contributed by atoms with Gasteiger partial charge in [0.05, 0.1) is 17.5 Å². The van der Waals surface area contributed by atoms with Gasteiger partial charge in [0.1, 0.15) is 11.6 Å². The van der Waals surface area contributed by atoms with E-state index in [1.54, 1.807) is 6.07 Å². The number of hydrogen-bond acceptors (Lipinski definition) is 3. The van der Waals surface area contributed by atoms with E-state index in [0.29, 0.717) is 5.69 Å². The zero-order valence-corrected chi connectivity index (χ0v) is 11.0. The van der Waals surface area contributed by atoms with Crippen molar-refractivity contribution < 1.29 is 9.13 Å². The van der Waals surface area contributed by atoms with Gasteiger partial charge in [0.25, 0.3) is 0 Å². The van der Waals surface area contributed by atoms with E-state index in [-0.39, 0.29) is 11.8 Å². The highest BCUT2D eigenvalue weighted by atomic mass is 19.1. The summed E-state index contributed by atoms with van der Waals surface area (Å²) in [6.07, 6.45) is 0.0751. The first-order chi connectivity index (χ1) is 9.06. The number of hydrogen-bond donors (Lipinski definition) is 2. The lowest BCUT2D eigenvalue weighted by atomic mass is 10.2. The van der Waals surface area contributed by atoms with Crippen molar-refractivity contribution >= 4 is 17.1 Å². The van der Waals surface area contributed by atoms with Crippen LogP contribution in [0.25, 0.3) is 0 Å². The largest absolute Gasteiger partial charge is 0.489 e. The Morgan fingerprint density at radius 1 is 1.16 bits per heavy atom. The predicted molar refractivity (Wildman–Crippen MR) is 76.3 cm³/mol. The second-order valence-corrected chi connectivity index (χ2v) is 4.52. The summed E-state index contributed by atoms with van der Waals surface area (Å²) in [7, 11) is 0. The average molecular weight is 260 g/mol. The van der Waals surface area contributed by atoms with Gasteiger partial charge in [0.2, 0.25) is 0 Å². The number of halogens is 1. The fourth-order valence-corrected chi connectivity index (χ4v) is 1.69. The van der Waals surface area contributed by atoms with Gasteiger partial charge in [0.15, 0.2) is 0 Å². The quantitative estimate of drug-likeness (QED) is 0.818. The van der Waals surface area contributed by atoms with Crippen molar-refractivity contribution in [1.29, 1.82) is 0 Å². The van der Waals surface area contributed by atoms with Crippen molar-refractivity contribution in [1.82, 2.24) is 0 Å². The van der Waals surface area contributed by atoms with E-state index >= 15 is 0 Å². The molecular weight excluding hydrogens is 243 g/mol. The second kappa shape index (κ2) is 5.61. The summed E-state index contributed by atoms with van der Waals surface area (Å²) in [6, 6.07) is 12.2. The third-order valence-electron chi connectivity index (χ3n) is 2.53. The molecule has 100 valence electrons. The molecule has 0 aliphatic carbocycles. The van der Waals surface area contributed by atoms with Gasteiger partial charge < -0.3 is 15.8 Å². The molecule has 0 atom stereocenters. The molecule has 0 aliphatic heterocycles. The molecule has 0 bridgehead atoms. The van der Waals surface area contributed by atoms with Crippen LogP contribution in [0.3, 0.4) is 0 Å². The maximum absolute atomic E-state index is 13.4. The highest BCUT2D eigenvalue weighted by molar-refractivity contribution is 5.67.